The van der Waals surface area contributed by atoms with Crippen molar-refractivity contribution < 1.29 is 18.0 Å². The van der Waals surface area contributed by atoms with Crippen molar-refractivity contribution in [1.29, 1.82) is 0 Å². The number of alkyl halides is 3. The maximum absolute atomic E-state index is 12.8. The SMILES string of the molecule is O=C(NC1CCN(c2ccc(C(F)(F)F)cn2)CC1)c1ccc(N2CCc3ccccc3C2)cc1. The zero-order chi connectivity index (χ0) is 24.4. The molecule has 1 amide bonds. The number of aromatic nitrogens is 1. The van der Waals surface area contributed by atoms with Crippen molar-refractivity contribution in [3.63, 3.8) is 0 Å². The number of pyridine rings is 1. The van der Waals surface area contributed by atoms with Crippen molar-refractivity contribution in [3.05, 3.63) is 89.1 Å². The lowest BCUT2D eigenvalue weighted by atomic mass is 9.99. The van der Waals surface area contributed by atoms with E-state index < -0.39 is 11.7 Å². The standard InChI is InChI=1S/C27H27F3N4O/c28-27(29,30)22-7-10-25(31-17-22)33-15-12-23(13-16-33)32-26(35)20-5-8-24(9-6-20)34-14-11-19-3-1-2-4-21(19)18-34/h1-10,17,23H,11-16,18H2,(H,32,35). The minimum absolute atomic E-state index is 0.0199. The topological polar surface area (TPSA) is 48.5 Å². The fourth-order valence-electron chi connectivity index (χ4n) is 4.80. The van der Waals surface area contributed by atoms with Crippen molar-refractivity contribution in [3.8, 4) is 0 Å². The number of amides is 1. The van der Waals surface area contributed by atoms with Gasteiger partial charge in [-0.15, -0.1) is 0 Å². The van der Waals surface area contributed by atoms with Crippen LogP contribution < -0.4 is 15.1 Å². The molecule has 2 aliphatic heterocycles. The summed E-state index contributed by atoms with van der Waals surface area (Å²) in [5.41, 5.74) is 3.73. The highest BCUT2D eigenvalue weighted by atomic mass is 19.4. The first-order valence-electron chi connectivity index (χ1n) is 11.9. The van der Waals surface area contributed by atoms with Crippen LogP contribution in [0.4, 0.5) is 24.7 Å². The van der Waals surface area contributed by atoms with E-state index in [-0.39, 0.29) is 11.9 Å². The van der Waals surface area contributed by atoms with E-state index in [2.05, 4.69) is 39.5 Å². The Labute approximate surface area is 202 Å². The highest BCUT2D eigenvalue weighted by Crippen LogP contribution is 2.30. The number of carbonyl (C=O) groups excluding carboxylic acids is 1. The summed E-state index contributed by atoms with van der Waals surface area (Å²) in [5, 5.41) is 3.10. The Morgan fingerprint density at radius 2 is 1.60 bits per heavy atom. The zero-order valence-electron chi connectivity index (χ0n) is 19.3. The molecule has 0 atom stereocenters. The van der Waals surface area contributed by atoms with Crippen LogP contribution in [-0.4, -0.2) is 36.6 Å². The van der Waals surface area contributed by atoms with Crippen LogP contribution in [0, 0.1) is 0 Å². The molecular weight excluding hydrogens is 453 g/mol. The van der Waals surface area contributed by atoms with Crippen LogP contribution in [0.3, 0.4) is 0 Å². The van der Waals surface area contributed by atoms with Crippen LogP contribution in [0.25, 0.3) is 0 Å². The number of fused-ring (bicyclic) bond motifs is 1. The molecule has 5 nitrogen and oxygen atoms in total. The molecule has 0 aliphatic carbocycles. The van der Waals surface area contributed by atoms with Gasteiger partial charge in [-0.1, -0.05) is 24.3 Å². The number of piperidine rings is 1. The molecule has 1 fully saturated rings. The Morgan fingerprint density at radius 3 is 2.26 bits per heavy atom. The summed E-state index contributed by atoms with van der Waals surface area (Å²) in [5.74, 6) is 0.422. The molecule has 1 N–H and O–H groups in total. The Kier molecular flexibility index (Phi) is 6.36. The van der Waals surface area contributed by atoms with E-state index in [1.807, 2.05) is 29.2 Å². The maximum atomic E-state index is 12.8. The van der Waals surface area contributed by atoms with E-state index in [9.17, 15) is 18.0 Å². The summed E-state index contributed by atoms with van der Waals surface area (Å²) in [6, 6.07) is 18.7. The van der Waals surface area contributed by atoms with Crippen molar-refractivity contribution in [2.45, 2.75) is 38.0 Å². The fraction of sp³-hybridized carbons (Fsp3) is 0.333. The zero-order valence-corrected chi connectivity index (χ0v) is 19.3. The quantitative estimate of drug-likeness (QED) is 0.567. The monoisotopic (exact) mass is 480 g/mol. The van der Waals surface area contributed by atoms with Gasteiger partial charge in [0, 0.05) is 49.7 Å². The second kappa shape index (κ2) is 9.60. The van der Waals surface area contributed by atoms with Gasteiger partial charge in [-0.2, -0.15) is 13.2 Å². The molecule has 2 aliphatic rings. The molecule has 182 valence electrons. The van der Waals surface area contributed by atoms with Gasteiger partial charge in [-0.3, -0.25) is 4.79 Å². The summed E-state index contributed by atoms with van der Waals surface area (Å²) in [4.78, 5) is 21.0. The van der Waals surface area contributed by atoms with E-state index in [0.29, 0.717) is 37.3 Å². The average molecular weight is 481 g/mol. The first kappa shape index (κ1) is 23.2. The predicted molar refractivity (Wildman–Crippen MR) is 130 cm³/mol. The Balaban J connectivity index is 1.13. The van der Waals surface area contributed by atoms with Crippen molar-refractivity contribution in [1.82, 2.24) is 10.3 Å². The molecule has 0 spiro atoms. The van der Waals surface area contributed by atoms with Gasteiger partial charge in [0.2, 0.25) is 0 Å². The summed E-state index contributed by atoms with van der Waals surface area (Å²) < 4.78 is 38.2. The van der Waals surface area contributed by atoms with Gasteiger partial charge >= 0.3 is 6.18 Å². The van der Waals surface area contributed by atoms with Crippen LogP contribution in [-0.2, 0) is 19.1 Å². The van der Waals surface area contributed by atoms with Gasteiger partial charge in [-0.05, 0) is 66.8 Å². The third kappa shape index (κ3) is 5.26. The first-order chi connectivity index (χ1) is 16.9. The van der Waals surface area contributed by atoms with Gasteiger partial charge in [0.15, 0.2) is 0 Å². The molecule has 35 heavy (non-hydrogen) atoms. The molecule has 2 aromatic carbocycles. The van der Waals surface area contributed by atoms with Crippen molar-refractivity contribution >= 4 is 17.4 Å². The number of hydrogen-bond donors (Lipinski definition) is 1. The molecule has 3 aromatic rings. The first-order valence-corrected chi connectivity index (χ1v) is 11.9. The normalized spacial score (nSPS) is 16.7. The third-order valence-corrected chi connectivity index (χ3v) is 6.85. The van der Waals surface area contributed by atoms with Gasteiger partial charge in [-0.25, -0.2) is 4.98 Å². The van der Waals surface area contributed by atoms with Gasteiger partial charge in [0.05, 0.1) is 5.56 Å². The molecule has 0 unspecified atom stereocenters. The number of rotatable bonds is 4. The molecule has 0 bridgehead atoms. The summed E-state index contributed by atoms with van der Waals surface area (Å²) in [7, 11) is 0. The van der Waals surface area contributed by atoms with Crippen LogP contribution >= 0.6 is 0 Å². The van der Waals surface area contributed by atoms with Gasteiger partial charge in [0.1, 0.15) is 5.82 Å². The molecule has 0 saturated carbocycles. The number of nitrogens with one attached hydrogen (secondary N) is 1. The number of hydrogen-bond acceptors (Lipinski definition) is 4. The summed E-state index contributed by atoms with van der Waals surface area (Å²) >= 11 is 0. The summed E-state index contributed by atoms with van der Waals surface area (Å²) in [6.07, 6.45) is -1.09. The molecule has 0 radical (unpaired) electrons. The number of halogens is 3. The van der Waals surface area contributed by atoms with E-state index in [1.165, 1.54) is 17.2 Å². The lowest BCUT2D eigenvalue weighted by Crippen LogP contribution is -2.45. The lowest BCUT2D eigenvalue weighted by Gasteiger charge is -2.33. The third-order valence-electron chi connectivity index (χ3n) is 6.85. The number of anilines is 2. The minimum Gasteiger partial charge on any atom is -0.367 e. The second-order valence-corrected chi connectivity index (χ2v) is 9.12. The minimum atomic E-state index is -4.39. The van der Waals surface area contributed by atoms with Gasteiger partial charge < -0.3 is 15.1 Å². The largest absolute Gasteiger partial charge is 0.417 e. The van der Waals surface area contributed by atoms with Crippen LogP contribution in [0.1, 0.15) is 39.9 Å². The Morgan fingerprint density at radius 1 is 0.886 bits per heavy atom. The second-order valence-electron chi connectivity index (χ2n) is 9.12. The Bertz CT molecular complexity index is 1170. The van der Waals surface area contributed by atoms with Gasteiger partial charge in [0.25, 0.3) is 5.91 Å². The lowest BCUT2D eigenvalue weighted by molar-refractivity contribution is -0.137. The smallest absolute Gasteiger partial charge is 0.367 e. The van der Waals surface area contributed by atoms with Crippen molar-refractivity contribution in [2.24, 2.45) is 0 Å². The van der Waals surface area contributed by atoms with E-state index in [0.717, 1.165) is 37.5 Å². The van der Waals surface area contributed by atoms with E-state index in [4.69, 9.17) is 0 Å². The molecular formula is C27H27F3N4O. The average Bonchev–Trinajstić information content (AvgIpc) is 2.88. The van der Waals surface area contributed by atoms with Crippen LogP contribution in [0.2, 0.25) is 0 Å². The van der Waals surface area contributed by atoms with E-state index in [1.54, 1.807) is 0 Å². The van der Waals surface area contributed by atoms with Crippen molar-refractivity contribution in [2.75, 3.05) is 29.4 Å². The molecule has 3 heterocycles. The van der Waals surface area contributed by atoms with E-state index >= 15 is 0 Å². The number of nitrogens with zero attached hydrogens (tertiary/aromatic N) is 3. The molecule has 8 heteroatoms. The fourth-order valence-corrected chi connectivity index (χ4v) is 4.80. The number of benzene rings is 2. The number of carbonyl (C=O) groups is 1. The molecule has 1 saturated heterocycles. The Hall–Kier alpha value is -3.55. The predicted octanol–water partition coefficient (Wildman–Crippen LogP) is 5.06. The highest BCUT2D eigenvalue weighted by Gasteiger charge is 2.31. The highest BCUT2D eigenvalue weighted by molar-refractivity contribution is 5.94. The van der Waals surface area contributed by atoms with Crippen LogP contribution in [0.5, 0.6) is 0 Å². The molecule has 5 rings (SSSR count). The maximum Gasteiger partial charge on any atom is 0.417 e. The van der Waals surface area contributed by atoms with Crippen LogP contribution in [0.15, 0.2) is 66.9 Å². The summed E-state index contributed by atoms with van der Waals surface area (Å²) in [6.45, 7) is 3.07. The molecule has 1 aromatic heterocycles.